The molecule has 1 aromatic heterocycles. The zero-order chi connectivity index (χ0) is 13.8. The topological polar surface area (TPSA) is 55.0 Å². The van der Waals surface area contributed by atoms with Gasteiger partial charge in [-0.1, -0.05) is 12.1 Å². The van der Waals surface area contributed by atoms with Crippen molar-refractivity contribution in [3.05, 3.63) is 45.2 Å². The molecule has 0 aliphatic rings. The predicted molar refractivity (Wildman–Crippen MR) is 69.5 cm³/mol. The van der Waals surface area contributed by atoms with Crippen LogP contribution in [0.5, 0.6) is 5.75 Å². The third kappa shape index (κ3) is 3.17. The van der Waals surface area contributed by atoms with Crippen LogP contribution in [0.4, 0.5) is 8.78 Å². The van der Waals surface area contributed by atoms with Crippen molar-refractivity contribution in [1.82, 2.24) is 10.2 Å². The Labute approximate surface area is 115 Å². The molecule has 0 spiro atoms. The minimum atomic E-state index is -2.58. The normalized spacial score (nSPS) is 10.7. The average molecular weight is 331 g/mol. The molecule has 0 bridgehead atoms. The summed E-state index contributed by atoms with van der Waals surface area (Å²) in [4.78, 5) is 11.9. The van der Waals surface area contributed by atoms with E-state index in [0.717, 1.165) is 0 Å². The number of rotatable bonds is 4. The summed E-state index contributed by atoms with van der Waals surface area (Å²) in [5.74, 6) is 0.193. The second kappa shape index (κ2) is 5.92. The lowest BCUT2D eigenvalue weighted by Gasteiger charge is -2.10. The Morgan fingerprint density at radius 2 is 2.11 bits per heavy atom. The Morgan fingerprint density at radius 1 is 1.37 bits per heavy atom. The molecule has 0 fully saturated rings. The number of ether oxygens (including phenoxy) is 1. The number of nitrogens with zero attached hydrogens (tertiary/aromatic N) is 1. The average Bonchev–Trinajstić information content (AvgIpc) is 2.40. The number of halogens is 3. The highest BCUT2D eigenvalue weighted by Gasteiger charge is 2.14. The van der Waals surface area contributed by atoms with Crippen LogP contribution in [0.15, 0.2) is 39.7 Å². The number of hydrogen-bond donors (Lipinski definition) is 1. The number of para-hydroxylation sites is 1. The fourth-order valence-corrected chi connectivity index (χ4v) is 1.80. The van der Waals surface area contributed by atoms with Gasteiger partial charge in [0, 0.05) is 11.8 Å². The first-order valence-corrected chi connectivity index (χ1v) is 6.13. The standard InChI is InChI=1S/C12H9BrF2N2O2/c13-8-5-16-17-11(12(8)18)7-3-1-2-4-9(7)19-6-10(14)15/h1-5,10H,6H2,(H,16,18). The molecule has 0 aliphatic carbocycles. The van der Waals surface area contributed by atoms with Crippen molar-refractivity contribution < 1.29 is 13.5 Å². The summed E-state index contributed by atoms with van der Waals surface area (Å²) in [5, 5.41) is 6.42. The van der Waals surface area contributed by atoms with Gasteiger partial charge in [-0.25, -0.2) is 8.78 Å². The van der Waals surface area contributed by atoms with E-state index in [-0.39, 0.29) is 16.9 Å². The Bertz CT molecular complexity index is 631. The van der Waals surface area contributed by atoms with Gasteiger partial charge in [0.25, 0.3) is 6.43 Å². The minimum Gasteiger partial charge on any atom is -0.487 e. The van der Waals surface area contributed by atoms with Crippen molar-refractivity contribution in [3.8, 4) is 17.0 Å². The Morgan fingerprint density at radius 3 is 2.84 bits per heavy atom. The maximum atomic E-state index is 12.2. The highest BCUT2D eigenvalue weighted by Crippen LogP contribution is 2.26. The molecule has 0 amide bonds. The number of aromatic amines is 1. The molecular weight excluding hydrogens is 322 g/mol. The first-order valence-electron chi connectivity index (χ1n) is 5.33. The third-order valence-electron chi connectivity index (χ3n) is 2.31. The zero-order valence-corrected chi connectivity index (χ0v) is 11.2. The monoisotopic (exact) mass is 330 g/mol. The van der Waals surface area contributed by atoms with Crippen molar-refractivity contribution in [2.24, 2.45) is 0 Å². The number of benzene rings is 1. The van der Waals surface area contributed by atoms with E-state index in [4.69, 9.17) is 4.74 Å². The summed E-state index contributed by atoms with van der Waals surface area (Å²) in [6, 6.07) is 6.41. The summed E-state index contributed by atoms with van der Waals surface area (Å²) in [6.07, 6.45) is -1.18. The first kappa shape index (κ1) is 13.7. The third-order valence-corrected chi connectivity index (χ3v) is 2.90. The van der Waals surface area contributed by atoms with E-state index in [9.17, 15) is 13.6 Å². The number of H-pyrrole nitrogens is 1. The molecule has 7 heteroatoms. The second-order valence-electron chi connectivity index (χ2n) is 3.61. The van der Waals surface area contributed by atoms with E-state index >= 15 is 0 Å². The molecule has 2 aromatic rings. The van der Waals surface area contributed by atoms with E-state index in [2.05, 4.69) is 26.1 Å². The van der Waals surface area contributed by atoms with E-state index in [0.29, 0.717) is 10.0 Å². The Hall–Kier alpha value is -1.76. The van der Waals surface area contributed by atoms with Gasteiger partial charge in [-0.15, -0.1) is 0 Å². The van der Waals surface area contributed by atoms with Crippen LogP contribution < -0.4 is 10.2 Å². The molecule has 1 N–H and O–H groups in total. The first-order chi connectivity index (χ1) is 9.09. The summed E-state index contributed by atoms with van der Waals surface area (Å²) >= 11 is 3.09. The molecule has 1 aromatic carbocycles. The van der Waals surface area contributed by atoms with Crippen molar-refractivity contribution in [3.63, 3.8) is 0 Å². The maximum absolute atomic E-state index is 12.2. The fourth-order valence-electron chi connectivity index (χ4n) is 1.51. The van der Waals surface area contributed by atoms with Crippen LogP contribution in [0, 0.1) is 0 Å². The summed E-state index contributed by atoms with van der Waals surface area (Å²) in [5.41, 5.74) is 0.136. The molecule has 0 aliphatic heterocycles. The van der Waals surface area contributed by atoms with Gasteiger partial charge in [0.1, 0.15) is 18.1 Å². The lowest BCUT2D eigenvalue weighted by Crippen LogP contribution is -2.12. The van der Waals surface area contributed by atoms with Crippen molar-refractivity contribution >= 4 is 15.9 Å². The van der Waals surface area contributed by atoms with Gasteiger partial charge in [-0.3, -0.25) is 9.89 Å². The minimum absolute atomic E-state index is 0.110. The van der Waals surface area contributed by atoms with E-state index < -0.39 is 13.0 Å². The van der Waals surface area contributed by atoms with Crippen LogP contribution in [0.25, 0.3) is 11.3 Å². The molecule has 0 unspecified atom stereocenters. The summed E-state index contributed by atoms with van der Waals surface area (Å²) in [7, 11) is 0. The van der Waals surface area contributed by atoms with Gasteiger partial charge < -0.3 is 4.74 Å². The van der Waals surface area contributed by atoms with Gasteiger partial charge in [0.2, 0.25) is 5.43 Å². The van der Waals surface area contributed by atoms with Crippen LogP contribution >= 0.6 is 15.9 Å². The van der Waals surface area contributed by atoms with Crippen molar-refractivity contribution in [2.75, 3.05) is 6.61 Å². The molecule has 2 rings (SSSR count). The van der Waals surface area contributed by atoms with Gasteiger partial charge in [0.05, 0.1) is 4.47 Å². The van der Waals surface area contributed by atoms with Gasteiger partial charge in [0.15, 0.2) is 0 Å². The molecule has 100 valence electrons. The van der Waals surface area contributed by atoms with Gasteiger partial charge in [-0.05, 0) is 28.1 Å². The number of nitrogens with one attached hydrogen (secondary N) is 1. The number of alkyl halides is 2. The van der Waals surface area contributed by atoms with Crippen molar-refractivity contribution in [1.29, 1.82) is 0 Å². The highest BCUT2D eigenvalue weighted by atomic mass is 79.9. The fraction of sp³-hybridized carbons (Fsp3) is 0.167. The molecule has 0 atom stereocenters. The lowest BCUT2D eigenvalue weighted by atomic mass is 10.1. The van der Waals surface area contributed by atoms with E-state index in [1.54, 1.807) is 18.2 Å². The van der Waals surface area contributed by atoms with Crippen LogP contribution in [0.1, 0.15) is 0 Å². The number of hydrogen-bond acceptors (Lipinski definition) is 3. The molecule has 4 nitrogen and oxygen atoms in total. The molecule has 0 saturated heterocycles. The van der Waals surface area contributed by atoms with E-state index in [1.807, 2.05) is 0 Å². The van der Waals surface area contributed by atoms with Crippen LogP contribution in [0.3, 0.4) is 0 Å². The van der Waals surface area contributed by atoms with Gasteiger partial charge in [-0.2, -0.15) is 5.10 Å². The van der Waals surface area contributed by atoms with Crippen LogP contribution in [-0.2, 0) is 0 Å². The Balaban J connectivity index is 2.44. The van der Waals surface area contributed by atoms with Gasteiger partial charge >= 0.3 is 0 Å². The lowest BCUT2D eigenvalue weighted by molar-refractivity contribution is 0.0822. The Kier molecular flexibility index (Phi) is 4.26. The highest BCUT2D eigenvalue weighted by molar-refractivity contribution is 9.10. The zero-order valence-electron chi connectivity index (χ0n) is 9.57. The van der Waals surface area contributed by atoms with E-state index in [1.165, 1.54) is 12.3 Å². The maximum Gasteiger partial charge on any atom is 0.272 e. The molecule has 0 radical (unpaired) electrons. The smallest absolute Gasteiger partial charge is 0.272 e. The second-order valence-corrected chi connectivity index (χ2v) is 4.46. The largest absolute Gasteiger partial charge is 0.487 e. The molecular formula is C12H9BrF2N2O2. The van der Waals surface area contributed by atoms with Crippen LogP contribution in [-0.4, -0.2) is 23.2 Å². The summed E-state index contributed by atoms with van der Waals surface area (Å²) < 4.78 is 29.7. The SMILES string of the molecule is O=c1c(Br)c[nH]nc1-c1ccccc1OCC(F)F. The predicted octanol–water partition coefficient (Wildman–Crippen LogP) is 2.84. The summed E-state index contributed by atoms with van der Waals surface area (Å²) in [6.45, 7) is -0.733. The molecule has 19 heavy (non-hydrogen) atoms. The quantitative estimate of drug-likeness (QED) is 0.937. The number of aromatic nitrogens is 2. The molecule has 1 heterocycles. The van der Waals surface area contributed by atoms with Crippen LogP contribution in [0.2, 0.25) is 0 Å². The van der Waals surface area contributed by atoms with Crippen molar-refractivity contribution in [2.45, 2.75) is 6.43 Å². The molecule has 0 saturated carbocycles.